The highest BCUT2D eigenvalue weighted by Crippen LogP contribution is 2.30. The summed E-state index contributed by atoms with van der Waals surface area (Å²) in [7, 11) is 8.23. The molecule has 2 rings (SSSR count). The smallest absolute Gasteiger partial charge is 0.227 e. The number of fused-ring (bicyclic) bond motifs is 1. The zero-order valence-corrected chi connectivity index (χ0v) is 15.3. The molecule has 2 aromatic heterocycles. The second-order valence-corrected chi connectivity index (χ2v) is 6.98. The predicted molar refractivity (Wildman–Crippen MR) is 98.8 cm³/mol. The maximum absolute atomic E-state index is 9.05. The van der Waals surface area contributed by atoms with Crippen LogP contribution in [0.15, 0.2) is 11.4 Å². The molecule has 0 bridgehead atoms. The van der Waals surface area contributed by atoms with E-state index in [0.29, 0.717) is 0 Å². The van der Waals surface area contributed by atoms with Crippen molar-refractivity contribution in [3.8, 4) is 0 Å². The van der Waals surface area contributed by atoms with Gasteiger partial charge in [0.25, 0.3) is 0 Å². The van der Waals surface area contributed by atoms with Crippen LogP contribution in [0.3, 0.4) is 0 Å². The minimum absolute atomic E-state index is 0.195. The van der Waals surface area contributed by atoms with Crippen molar-refractivity contribution in [2.24, 2.45) is 0 Å². The summed E-state index contributed by atoms with van der Waals surface area (Å²) in [6.07, 6.45) is 1.81. The minimum atomic E-state index is 0.195. The van der Waals surface area contributed by atoms with Gasteiger partial charge in [-0.05, 0) is 44.9 Å². The van der Waals surface area contributed by atoms with Crippen LogP contribution in [0.1, 0.15) is 12.8 Å². The standard InChI is InChI=1S/C16H27N5OS/c1-19(2)8-5-9-21(4)16-17-13-7-12-23-14(13)15(18-16)20(3)10-6-11-22/h7,12,22H,5-6,8-11H2,1-4H3. The van der Waals surface area contributed by atoms with Gasteiger partial charge in [-0.3, -0.25) is 0 Å². The Morgan fingerprint density at radius 3 is 2.43 bits per heavy atom. The highest BCUT2D eigenvalue weighted by Gasteiger charge is 2.15. The first-order chi connectivity index (χ1) is 11.0. The Bertz CT molecular complexity index is 616. The number of thiophene rings is 1. The second kappa shape index (κ2) is 8.42. The van der Waals surface area contributed by atoms with Crippen molar-refractivity contribution in [1.29, 1.82) is 0 Å². The lowest BCUT2D eigenvalue weighted by Crippen LogP contribution is -2.26. The molecular weight excluding hydrogens is 310 g/mol. The maximum atomic E-state index is 9.05. The van der Waals surface area contributed by atoms with Gasteiger partial charge >= 0.3 is 0 Å². The zero-order valence-electron chi connectivity index (χ0n) is 14.5. The molecule has 0 unspecified atom stereocenters. The molecular formula is C16H27N5OS. The fraction of sp³-hybridized carbons (Fsp3) is 0.625. The van der Waals surface area contributed by atoms with Crippen molar-refractivity contribution in [3.05, 3.63) is 11.4 Å². The van der Waals surface area contributed by atoms with Crippen LogP contribution < -0.4 is 9.80 Å². The molecule has 0 radical (unpaired) electrons. The Morgan fingerprint density at radius 1 is 1.00 bits per heavy atom. The molecule has 0 fully saturated rings. The number of aliphatic hydroxyl groups is 1. The third-order valence-electron chi connectivity index (χ3n) is 3.73. The van der Waals surface area contributed by atoms with Gasteiger partial charge in [0.2, 0.25) is 5.95 Å². The molecule has 1 N–H and O–H groups in total. The molecule has 128 valence electrons. The van der Waals surface area contributed by atoms with Crippen molar-refractivity contribution < 1.29 is 5.11 Å². The van der Waals surface area contributed by atoms with E-state index < -0.39 is 0 Å². The van der Waals surface area contributed by atoms with Crippen molar-refractivity contribution >= 4 is 33.3 Å². The van der Waals surface area contributed by atoms with Crippen LogP contribution in [-0.2, 0) is 0 Å². The summed E-state index contributed by atoms with van der Waals surface area (Å²) in [5, 5.41) is 11.1. The largest absolute Gasteiger partial charge is 0.396 e. The zero-order chi connectivity index (χ0) is 16.8. The Labute approximate surface area is 142 Å². The fourth-order valence-electron chi connectivity index (χ4n) is 2.40. The molecule has 6 nitrogen and oxygen atoms in total. The molecule has 0 aliphatic carbocycles. The van der Waals surface area contributed by atoms with Crippen molar-refractivity contribution in [3.63, 3.8) is 0 Å². The van der Waals surface area contributed by atoms with Gasteiger partial charge in [0, 0.05) is 33.8 Å². The minimum Gasteiger partial charge on any atom is -0.396 e. The number of rotatable bonds is 9. The summed E-state index contributed by atoms with van der Waals surface area (Å²) in [6.45, 7) is 2.95. The third kappa shape index (κ3) is 4.76. The summed E-state index contributed by atoms with van der Waals surface area (Å²) in [5.74, 6) is 1.72. The monoisotopic (exact) mass is 337 g/mol. The van der Waals surface area contributed by atoms with Gasteiger partial charge in [0.05, 0.1) is 10.2 Å². The van der Waals surface area contributed by atoms with E-state index in [1.165, 1.54) is 0 Å². The summed E-state index contributed by atoms with van der Waals surface area (Å²) in [5.41, 5.74) is 0.991. The second-order valence-electron chi connectivity index (χ2n) is 6.06. The van der Waals surface area contributed by atoms with E-state index in [2.05, 4.69) is 34.2 Å². The van der Waals surface area contributed by atoms with Crippen molar-refractivity contribution in [1.82, 2.24) is 14.9 Å². The number of hydrogen-bond donors (Lipinski definition) is 1. The molecule has 0 amide bonds. The normalized spacial score (nSPS) is 11.4. The molecule has 0 spiro atoms. The number of aromatic nitrogens is 2. The molecule has 0 atom stereocenters. The average Bonchev–Trinajstić information content (AvgIpc) is 2.99. The summed E-state index contributed by atoms with van der Waals surface area (Å²) in [6, 6.07) is 2.04. The first-order valence-corrected chi connectivity index (χ1v) is 8.84. The Balaban J connectivity index is 2.20. The van der Waals surface area contributed by atoms with Gasteiger partial charge in [-0.1, -0.05) is 0 Å². The molecule has 0 aliphatic heterocycles. The van der Waals surface area contributed by atoms with Crippen LogP contribution in [0.25, 0.3) is 10.2 Å². The highest BCUT2D eigenvalue weighted by atomic mass is 32.1. The molecule has 23 heavy (non-hydrogen) atoms. The van der Waals surface area contributed by atoms with Gasteiger partial charge in [0.1, 0.15) is 0 Å². The van der Waals surface area contributed by atoms with Gasteiger partial charge < -0.3 is 19.8 Å². The Morgan fingerprint density at radius 2 is 1.74 bits per heavy atom. The van der Waals surface area contributed by atoms with E-state index in [9.17, 15) is 0 Å². The predicted octanol–water partition coefficient (Wildman–Crippen LogP) is 1.90. The highest BCUT2D eigenvalue weighted by molar-refractivity contribution is 7.17. The fourth-order valence-corrected chi connectivity index (χ4v) is 3.28. The molecule has 2 aromatic rings. The quantitative estimate of drug-likeness (QED) is 0.754. The topological polar surface area (TPSA) is 55.7 Å². The van der Waals surface area contributed by atoms with Crippen LogP contribution in [0.2, 0.25) is 0 Å². The lowest BCUT2D eigenvalue weighted by molar-refractivity contribution is 0.290. The van der Waals surface area contributed by atoms with Gasteiger partial charge in [-0.15, -0.1) is 11.3 Å². The summed E-state index contributed by atoms with van der Waals surface area (Å²) in [4.78, 5) is 15.9. The number of nitrogens with zero attached hydrogens (tertiary/aromatic N) is 5. The number of aliphatic hydroxyl groups excluding tert-OH is 1. The molecule has 0 aromatic carbocycles. The van der Waals surface area contributed by atoms with E-state index in [1.54, 1.807) is 11.3 Å². The van der Waals surface area contributed by atoms with E-state index in [4.69, 9.17) is 15.1 Å². The number of anilines is 2. The van der Waals surface area contributed by atoms with Crippen molar-refractivity contribution in [2.75, 3.05) is 64.2 Å². The van der Waals surface area contributed by atoms with E-state index in [1.807, 2.05) is 20.2 Å². The first-order valence-electron chi connectivity index (χ1n) is 7.96. The van der Waals surface area contributed by atoms with Crippen LogP contribution in [-0.4, -0.2) is 74.4 Å². The van der Waals surface area contributed by atoms with Crippen molar-refractivity contribution in [2.45, 2.75) is 12.8 Å². The first kappa shape index (κ1) is 17.9. The average molecular weight is 337 g/mol. The van der Waals surface area contributed by atoms with Gasteiger partial charge in [-0.2, -0.15) is 4.98 Å². The third-order valence-corrected chi connectivity index (χ3v) is 4.63. The van der Waals surface area contributed by atoms with Crippen LogP contribution in [0.4, 0.5) is 11.8 Å². The van der Waals surface area contributed by atoms with E-state index in [0.717, 1.165) is 54.5 Å². The molecule has 2 heterocycles. The maximum Gasteiger partial charge on any atom is 0.227 e. The van der Waals surface area contributed by atoms with Crippen LogP contribution in [0, 0.1) is 0 Å². The SMILES string of the molecule is CN(C)CCCN(C)c1nc(N(C)CCCO)c2sccc2n1. The van der Waals surface area contributed by atoms with Gasteiger partial charge in [0.15, 0.2) is 5.82 Å². The van der Waals surface area contributed by atoms with Crippen LogP contribution in [0.5, 0.6) is 0 Å². The van der Waals surface area contributed by atoms with Gasteiger partial charge in [-0.25, -0.2) is 4.98 Å². The lowest BCUT2D eigenvalue weighted by Gasteiger charge is -2.22. The van der Waals surface area contributed by atoms with E-state index in [-0.39, 0.29) is 6.61 Å². The molecule has 0 saturated carbocycles. The summed E-state index contributed by atoms with van der Waals surface area (Å²) < 4.78 is 1.11. The Hall–Kier alpha value is -1.44. The summed E-state index contributed by atoms with van der Waals surface area (Å²) >= 11 is 1.66. The number of hydrogen-bond acceptors (Lipinski definition) is 7. The van der Waals surface area contributed by atoms with Crippen LogP contribution >= 0.6 is 11.3 Å². The van der Waals surface area contributed by atoms with E-state index >= 15 is 0 Å². The molecule has 0 aliphatic rings. The Kier molecular flexibility index (Phi) is 6.56. The molecule has 0 saturated heterocycles. The molecule has 7 heteroatoms. The lowest BCUT2D eigenvalue weighted by atomic mass is 10.3.